The first-order valence-electron chi connectivity index (χ1n) is 7.51. The van der Waals surface area contributed by atoms with E-state index in [0.717, 1.165) is 17.0 Å². The van der Waals surface area contributed by atoms with Crippen molar-refractivity contribution in [1.29, 1.82) is 5.26 Å². The van der Waals surface area contributed by atoms with Gasteiger partial charge in [-0.3, -0.25) is 0 Å². The van der Waals surface area contributed by atoms with Gasteiger partial charge in [-0.1, -0.05) is 44.2 Å². The van der Waals surface area contributed by atoms with Crippen LogP contribution in [0.15, 0.2) is 54.6 Å². The molecule has 0 fully saturated rings. The minimum absolute atomic E-state index is 0.0420. The maximum Gasteiger partial charge on any atom is 0.119 e. The van der Waals surface area contributed by atoms with Crippen molar-refractivity contribution in [2.75, 3.05) is 12.4 Å². The van der Waals surface area contributed by atoms with Gasteiger partial charge in [-0.2, -0.15) is 5.26 Å². The van der Waals surface area contributed by atoms with Gasteiger partial charge < -0.3 is 10.1 Å². The number of nitrogens with one attached hydrogen (secondary N) is 1. The molecule has 0 unspecified atom stereocenters. The largest absolute Gasteiger partial charge is 0.497 e. The molecular weight excluding hydrogens is 272 g/mol. The molecule has 3 heteroatoms. The van der Waals surface area contributed by atoms with Crippen molar-refractivity contribution < 1.29 is 4.74 Å². The highest BCUT2D eigenvalue weighted by Gasteiger charge is 2.25. The maximum atomic E-state index is 9.58. The smallest absolute Gasteiger partial charge is 0.119 e. The SMILES string of the molecule is COc1ccc(N[C@H](c2ccccc2)[C@H](C#N)C(C)C)cc1. The van der Waals surface area contributed by atoms with E-state index in [4.69, 9.17) is 4.74 Å². The van der Waals surface area contributed by atoms with Crippen LogP contribution in [0.5, 0.6) is 5.75 Å². The third kappa shape index (κ3) is 3.79. The van der Waals surface area contributed by atoms with Gasteiger partial charge in [0, 0.05) is 5.69 Å². The fraction of sp³-hybridized carbons (Fsp3) is 0.316. The number of methoxy groups -OCH3 is 1. The summed E-state index contributed by atoms with van der Waals surface area (Å²) in [4.78, 5) is 0. The standard InChI is InChI=1S/C19H22N2O/c1-14(2)18(13-20)19(15-7-5-4-6-8-15)21-16-9-11-17(22-3)12-10-16/h4-12,14,18-19,21H,1-3H3/t18-,19-/m1/s1. The summed E-state index contributed by atoms with van der Waals surface area (Å²) in [5.41, 5.74) is 2.11. The highest BCUT2D eigenvalue weighted by molar-refractivity contribution is 5.49. The van der Waals surface area contributed by atoms with Crippen LogP contribution in [0.25, 0.3) is 0 Å². The minimum atomic E-state index is -0.107. The molecule has 2 atom stereocenters. The molecule has 2 aromatic rings. The first-order valence-corrected chi connectivity index (χ1v) is 7.51. The molecule has 0 radical (unpaired) electrons. The summed E-state index contributed by atoms with van der Waals surface area (Å²) in [5.74, 6) is 0.980. The number of ether oxygens (including phenoxy) is 1. The second-order valence-corrected chi connectivity index (χ2v) is 5.66. The van der Waals surface area contributed by atoms with E-state index >= 15 is 0 Å². The van der Waals surface area contributed by atoms with E-state index in [0.29, 0.717) is 0 Å². The van der Waals surface area contributed by atoms with Gasteiger partial charge >= 0.3 is 0 Å². The Bertz CT molecular complexity index is 614. The first kappa shape index (κ1) is 15.9. The van der Waals surface area contributed by atoms with Gasteiger partial charge in [0.2, 0.25) is 0 Å². The molecule has 0 aliphatic rings. The zero-order valence-electron chi connectivity index (χ0n) is 13.3. The molecular formula is C19H22N2O. The molecule has 22 heavy (non-hydrogen) atoms. The molecule has 0 aliphatic heterocycles. The van der Waals surface area contributed by atoms with E-state index in [1.807, 2.05) is 42.5 Å². The molecule has 0 bridgehead atoms. The van der Waals surface area contributed by atoms with Crippen LogP contribution in [0.1, 0.15) is 25.5 Å². The van der Waals surface area contributed by atoms with E-state index in [-0.39, 0.29) is 17.9 Å². The highest BCUT2D eigenvalue weighted by atomic mass is 16.5. The summed E-state index contributed by atoms with van der Waals surface area (Å²) in [6, 6.07) is 20.3. The van der Waals surface area contributed by atoms with Gasteiger partial charge in [0.1, 0.15) is 5.75 Å². The Labute approximate surface area is 132 Å². The molecule has 3 nitrogen and oxygen atoms in total. The Kier molecular flexibility index (Phi) is 5.43. The fourth-order valence-corrected chi connectivity index (χ4v) is 2.52. The number of hydrogen-bond donors (Lipinski definition) is 1. The zero-order valence-corrected chi connectivity index (χ0v) is 13.3. The van der Waals surface area contributed by atoms with Gasteiger partial charge in [-0.25, -0.2) is 0 Å². The fourth-order valence-electron chi connectivity index (χ4n) is 2.52. The number of nitriles is 1. The molecule has 114 valence electrons. The molecule has 2 rings (SSSR count). The van der Waals surface area contributed by atoms with Crippen LogP contribution in [-0.2, 0) is 0 Å². The average molecular weight is 294 g/mol. The molecule has 0 spiro atoms. The summed E-state index contributed by atoms with van der Waals surface area (Å²) >= 11 is 0. The predicted octanol–water partition coefficient (Wildman–Crippen LogP) is 4.64. The third-order valence-electron chi connectivity index (χ3n) is 3.80. The van der Waals surface area contributed by atoms with Gasteiger partial charge in [0.05, 0.1) is 25.1 Å². The van der Waals surface area contributed by atoms with E-state index in [9.17, 15) is 5.26 Å². The summed E-state index contributed by atoms with van der Waals surface area (Å²) in [6.07, 6.45) is 0. The van der Waals surface area contributed by atoms with E-state index < -0.39 is 0 Å². The van der Waals surface area contributed by atoms with Crippen molar-refractivity contribution in [1.82, 2.24) is 0 Å². The monoisotopic (exact) mass is 294 g/mol. The Morgan fingerprint density at radius 3 is 2.14 bits per heavy atom. The predicted molar refractivity (Wildman–Crippen MR) is 89.7 cm³/mol. The van der Waals surface area contributed by atoms with Crippen molar-refractivity contribution in [3.8, 4) is 11.8 Å². The summed E-state index contributed by atoms with van der Waals surface area (Å²) in [5, 5.41) is 13.1. The first-order chi connectivity index (χ1) is 10.7. The lowest BCUT2D eigenvalue weighted by molar-refractivity contribution is 0.414. The zero-order chi connectivity index (χ0) is 15.9. The van der Waals surface area contributed by atoms with Crippen LogP contribution < -0.4 is 10.1 Å². The molecule has 2 aromatic carbocycles. The minimum Gasteiger partial charge on any atom is -0.497 e. The van der Waals surface area contributed by atoms with Gasteiger partial charge in [0.25, 0.3) is 0 Å². The molecule has 0 aliphatic carbocycles. The molecule has 1 N–H and O–H groups in total. The van der Waals surface area contributed by atoms with Crippen molar-refractivity contribution in [3.63, 3.8) is 0 Å². The van der Waals surface area contributed by atoms with Crippen LogP contribution in [0.3, 0.4) is 0 Å². The molecule has 0 amide bonds. The van der Waals surface area contributed by atoms with E-state index in [1.165, 1.54) is 0 Å². The van der Waals surface area contributed by atoms with Crippen molar-refractivity contribution in [2.45, 2.75) is 19.9 Å². The van der Waals surface area contributed by atoms with Crippen LogP contribution in [0, 0.1) is 23.2 Å². The van der Waals surface area contributed by atoms with Crippen LogP contribution in [-0.4, -0.2) is 7.11 Å². The normalized spacial score (nSPS) is 13.2. The summed E-state index contributed by atoms with van der Waals surface area (Å²) < 4.78 is 5.19. The second kappa shape index (κ2) is 7.51. The van der Waals surface area contributed by atoms with Crippen molar-refractivity contribution >= 4 is 5.69 Å². The van der Waals surface area contributed by atoms with Crippen LogP contribution >= 0.6 is 0 Å². The molecule has 0 heterocycles. The van der Waals surface area contributed by atoms with Gasteiger partial charge in [-0.05, 0) is 35.7 Å². The topological polar surface area (TPSA) is 45.0 Å². The van der Waals surface area contributed by atoms with Gasteiger partial charge in [0.15, 0.2) is 0 Å². The summed E-state index contributed by atoms with van der Waals surface area (Å²) in [7, 11) is 1.65. The second-order valence-electron chi connectivity index (χ2n) is 5.66. The lowest BCUT2D eigenvalue weighted by atomic mass is 9.85. The summed E-state index contributed by atoms with van der Waals surface area (Å²) in [6.45, 7) is 4.17. The van der Waals surface area contributed by atoms with Crippen molar-refractivity contribution in [2.24, 2.45) is 11.8 Å². The Morgan fingerprint density at radius 2 is 1.64 bits per heavy atom. The number of benzene rings is 2. The highest BCUT2D eigenvalue weighted by Crippen LogP contribution is 2.31. The lowest BCUT2D eigenvalue weighted by Gasteiger charge is -2.27. The third-order valence-corrected chi connectivity index (χ3v) is 3.80. The maximum absolute atomic E-state index is 9.58. The molecule has 0 aromatic heterocycles. The number of hydrogen-bond acceptors (Lipinski definition) is 3. The quantitative estimate of drug-likeness (QED) is 0.843. The van der Waals surface area contributed by atoms with E-state index in [2.05, 4.69) is 37.4 Å². The Balaban J connectivity index is 2.30. The van der Waals surface area contributed by atoms with Gasteiger partial charge in [-0.15, -0.1) is 0 Å². The number of rotatable bonds is 6. The number of anilines is 1. The Morgan fingerprint density at radius 1 is 1.00 bits per heavy atom. The number of nitrogens with zero attached hydrogens (tertiary/aromatic N) is 1. The molecule has 0 saturated carbocycles. The van der Waals surface area contributed by atoms with E-state index in [1.54, 1.807) is 7.11 Å². The Hall–Kier alpha value is -2.47. The van der Waals surface area contributed by atoms with Crippen molar-refractivity contribution in [3.05, 3.63) is 60.2 Å². The molecule has 0 saturated heterocycles. The lowest BCUT2D eigenvalue weighted by Crippen LogP contribution is -2.24. The average Bonchev–Trinajstić information content (AvgIpc) is 2.55. The van der Waals surface area contributed by atoms with Crippen LogP contribution in [0.2, 0.25) is 0 Å². The van der Waals surface area contributed by atoms with Crippen LogP contribution in [0.4, 0.5) is 5.69 Å².